The molecule has 160 valence electrons. The average Bonchev–Trinajstić information content (AvgIpc) is 3.34. The van der Waals surface area contributed by atoms with Crippen molar-refractivity contribution in [3.8, 4) is 17.1 Å². The number of carbonyl (C=O) groups is 2. The lowest BCUT2D eigenvalue weighted by Gasteiger charge is -2.11. The molecule has 4 aromatic rings. The number of aromatic nitrogens is 3. The zero-order valence-electron chi connectivity index (χ0n) is 16.9. The first-order valence-corrected chi connectivity index (χ1v) is 9.76. The number of rotatable bonds is 8. The second kappa shape index (κ2) is 9.98. The molecule has 0 saturated carbocycles. The molecule has 0 unspecified atom stereocenters. The maximum Gasteiger partial charge on any atom is 0.273 e. The minimum Gasteiger partial charge on any atom is -0.485 e. The normalized spacial score (nSPS) is 10.4. The van der Waals surface area contributed by atoms with E-state index in [4.69, 9.17) is 9.26 Å². The van der Waals surface area contributed by atoms with Crippen molar-refractivity contribution >= 4 is 17.6 Å². The molecular weight excluding hydrogens is 410 g/mol. The molecule has 0 spiro atoms. The van der Waals surface area contributed by atoms with Crippen LogP contribution >= 0.6 is 0 Å². The van der Waals surface area contributed by atoms with Gasteiger partial charge in [0.15, 0.2) is 23.0 Å². The number of benzene rings is 1. The minimum atomic E-state index is -0.527. The fraction of sp³-hybridized carbons (Fsp3) is 0.0870. The van der Waals surface area contributed by atoms with Crippen molar-refractivity contribution in [2.45, 2.75) is 6.61 Å². The standard InChI is InChI=1S/C23H19N5O4/c29-21(14-26-23(30)18-13-20(32-28-18)17-5-2-1-3-6-17)27-22-19(7-4-10-25-22)31-15-16-8-11-24-12-9-16/h1-13H,14-15H2,(H,26,30)(H,25,27,29). The van der Waals surface area contributed by atoms with Crippen LogP contribution in [-0.2, 0) is 11.4 Å². The second-order valence-electron chi connectivity index (χ2n) is 6.67. The molecule has 9 nitrogen and oxygen atoms in total. The van der Waals surface area contributed by atoms with Gasteiger partial charge in [-0.1, -0.05) is 35.5 Å². The van der Waals surface area contributed by atoms with Gasteiger partial charge in [0, 0.05) is 30.2 Å². The van der Waals surface area contributed by atoms with Crippen LogP contribution in [0.2, 0.25) is 0 Å². The molecule has 0 radical (unpaired) electrons. The summed E-state index contributed by atoms with van der Waals surface area (Å²) in [5, 5.41) is 8.92. The molecule has 32 heavy (non-hydrogen) atoms. The van der Waals surface area contributed by atoms with E-state index in [-0.39, 0.29) is 18.1 Å². The van der Waals surface area contributed by atoms with E-state index in [2.05, 4.69) is 25.8 Å². The summed E-state index contributed by atoms with van der Waals surface area (Å²) in [6.07, 6.45) is 4.88. The van der Waals surface area contributed by atoms with E-state index < -0.39 is 11.8 Å². The molecule has 3 heterocycles. The predicted molar refractivity (Wildman–Crippen MR) is 116 cm³/mol. The van der Waals surface area contributed by atoms with Gasteiger partial charge >= 0.3 is 0 Å². The lowest BCUT2D eigenvalue weighted by molar-refractivity contribution is -0.115. The van der Waals surface area contributed by atoms with Crippen LogP contribution in [0, 0.1) is 0 Å². The molecule has 0 atom stereocenters. The Bertz CT molecular complexity index is 1200. The summed E-state index contributed by atoms with van der Waals surface area (Å²) in [5.41, 5.74) is 1.80. The smallest absolute Gasteiger partial charge is 0.273 e. The Balaban J connectivity index is 1.31. The molecule has 0 aliphatic rings. The number of carbonyl (C=O) groups excluding carboxylic acids is 2. The molecule has 2 N–H and O–H groups in total. The topological polar surface area (TPSA) is 119 Å². The molecule has 9 heteroatoms. The lowest BCUT2D eigenvalue weighted by Crippen LogP contribution is -2.33. The molecule has 3 aromatic heterocycles. The second-order valence-corrected chi connectivity index (χ2v) is 6.67. The summed E-state index contributed by atoms with van der Waals surface area (Å²) in [5.74, 6) is 0.144. The number of nitrogens with one attached hydrogen (secondary N) is 2. The molecule has 0 aliphatic heterocycles. The Labute approximate surface area is 183 Å². The Morgan fingerprint density at radius 1 is 0.969 bits per heavy atom. The highest BCUT2D eigenvalue weighted by Crippen LogP contribution is 2.22. The van der Waals surface area contributed by atoms with Crippen LogP contribution in [0.3, 0.4) is 0 Å². The molecular formula is C23H19N5O4. The zero-order valence-corrected chi connectivity index (χ0v) is 16.9. The van der Waals surface area contributed by atoms with Crippen LogP contribution in [0.25, 0.3) is 11.3 Å². The van der Waals surface area contributed by atoms with Gasteiger partial charge in [0.05, 0.1) is 6.54 Å². The summed E-state index contributed by atoms with van der Waals surface area (Å²) in [6, 6.07) is 17.9. The molecule has 0 aliphatic carbocycles. The van der Waals surface area contributed by atoms with Crippen molar-refractivity contribution in [1.29, 1.82) is 0 Å². The van der Waals surface area contributed by atoms with E-state index in [1.54, 1.807) is 24.5 Å². The first-order valence-electron chi connectivity index (χ1n) is 9.76. The van der Waals surface area contributed by atoms with Gasteiger partial charge in [0.25, 0.3) is 5.91 Å². The minimum absolute atomic E-state index is 0.0795. The maximum absolute atomic E-state index is 12.3. The van der Waals surface area contributed by atoms with Gasteiger partial charge in [0.1, 0.15) is 6.61 Å². The Morgan fingerprint density at radius 3 is 2.59 bits per heavy atom. The van der Waals surface area contributed by atoms with Crippen LogP contribution in [0.1, 0.15) is 16.1 Å². The Morgan fingerprint density at radius 2 is 1.78 bits per heavy atom. The highest BCUT2D eigenvalue weighted by molar-refractivity contribution is 5.98. The van der Waals surface area contributed by atoms with Crippen LogP contribution in [0.5, 0.6) is 5.75 Å². The van der Waals surface area contributed by atoms with E-state index in [1.165, 1.54) is 12.3 Å². The van der Waals surface area contributed by atoms with Gasteiger partial charge in [0.2, 0.25) is 5.91 Å². The number of anilines is 1. The largest absolute Gasteiger partial charge is 0.485 e. The van der Waals surface area contributed by atoms with Gasteiger partial charge in [-0.25, -0.2) is 4.98 Å². The number of hydrogen-bond acceptors (Lipinski definition) is 7. The quantitative estimate of drug-likeness (QED) is 0.442. The van der Waals surface area contributed by atoms with Gasteiger partial charge in [-0.05, 0) is 29.8 Å². The molecule has 1 aromatic carbocycles. The number of ether oxygens (including phenoxy) is 1. The van der Waals surface area contributed by atoms with E-state index in [0.29, 0.717) is 18.1 Å². The van der Waals surface area contributed by atoms with Crippen LogP contribution < -0.4 is 15.4 Å². The van der Waals surface area contributed by atoms with Crippen molar-refractivity contribution < 1.29 is 18.8 Å². The summed E-state index contributed by atoms with van der Waals surface area (Å²) in [4.78, 5) is 32.7. The highest BCUT2D eigenvalue weighted by atomic mass is 16.5. The molecule has 0 fully saturated rings. The van der Waals surface area contributed by atoms with E-state index in [0.717, 1.165) is 11.1 Å². The van der Waals surface area contributed by atoms with Crippen LogP contribution in [-0.4, -0.2) is 33.5 Å². The number of hydrogen-bond donors (Lipinski definition) is 2. The Kier molecular flexibility index (Phi) is 6.47. The maximum atomic E-state index is 12.3. The summed E-state index contributed by atoms with van der Waals surface area (Å²) in [7, 11) is 0. The summed E-state index contributed by atoms with van der Waals surface area (Å²) >= 11 is 0. The van der Waals surface area contributed by atoms with E-state index in [1.807, 2.05) is 42.5 Å². The monoisotopic (exact) mass is 429 g/mol. The summed E-state index contributed by atoms with van der Waals surface area (Å²) in [6.45, 7) is 0.0243. The van der Waals surface area contributed by atoms with Crippen molar-refractivity contribution in [2.75, 3.05) is 11.9 Å². The fourth-order valence-electron chi connectivity index (χ4n) is 2.79. The Hall–Kier alpha value is -4.53. The van der Waals surface area contributed by atoms with E-state index >= 15 is 0 Å². The number of amides is 2. The molecule has 4 rings (SSSR count). The third-order valence-corrected chi connectivity index (χ3v) is 4.38. The molecule has 2 amide bonds. The highest BCUT2D eigenvalue weighted by Gasteiger charge is 2.15. The van der Waals surface area contributed by atoms with Crippen molar-refractivity contribution in [3.05, 3.63) is 90.5 Å². The SMILES string of the molecule is O=C(CNC(=O)c1cc(-c2ccccc2)on1)Nc1ncccc1OCc1ccncc1. The van der Waals surface area contributed by atoms with Gasteiger partial charge in [-0.15, -0.1) is 0 Å². The average molecular weight is 429 g/mol. The number of nitrogens with zero attached hydrogens (tertiary/aromatic N) is 3. The van der Waals surface area contributed by atoms with Crippen LogP contribution in [0.4, 0.5) is 5.82 Å². The molecule has 0 bridgehead atoms. The van der Waals surface area contributed by atoms with Gasteiger partial charge < -0.3 is 19.9 Å². The third kappa shape index (κ3) is 5.33. The van der Waals surface area contributed by atoms with Crippen molar-refractivity contribution in [3.63, 3.8) is 0 Å². The van der Waals surface area contributed by atoms with Crippen molar-refractivity contribution in [1.82, 2.24) is 20.4 Å². The van der Waals surface area contributed by atoms with Crippen molar-refractivity contribution in [2.24, 2.45) is 0 Å². The van der Waals surface area contributed by atoms with Gasteiger partial charge in [-0.3, -0.25) is 14.6 Å². The lowest BCUT2D eigenvalue weighted by atomic mass is 10.1. The first kappa shape index (κ1) is 20.7. The fourth-order valence-corrected chi connectivity index (χ4v) is 2.79. The van der Waals surface area contributed by atoms with Crippen LogP contribution in [0.15, 0.2) is 83.8 Å². The first-order chi connectivity index (χ1) is 15.7. The van der Waals surface area contributed by atoms with E-state index in [9.17, 15) is 9.59 Å². The van der Waals surface area contributed by atoms with Gasteiger partial charge in [-0.2, -0.15) is 0 Å². The number of pyridine rings is 2. The third-order valence-electron chi connectivity index (χ3n) is 4.38. The molecule has 0 saturated heterocycles. The zero-order chi connectivity index (χ0) is 22.2. The summed E-state index contributed by atoms with van der Waals surface area (Å²) < 4.78 is 11.0. The predicted octanol–water partition coefficient (Wildman–Crippen LogP) is 3.08.